The number of nitrogens with one attached hydrogen (secondary N) is 2. The molecule has 9 heteroatoms. The van der Waals surface area contributed by atoms with Crippen LogP contribution in [0.5, 0.6) is 5.75 Å². The summed E-state index contributed by atoms with van der Waals surface area (Å²) in [6, 6.07) is 14.0. The summed E-state index contributed by atoms with van der Waals surface area (Å²) in [5, 5.41) is 3.80. The number of ether oxygens (including phenoxy) is 2. The van der Waals surface area contributed by atoms with E-state index in [4.69, 9.17) is 9.47 Å². The number of rotatable bonds is 8. The maximum absolute atomic E-state index is 12.5. The van der Waals surface area contributed by atoms with Crippen molar-refractivity contribution in [2.75, 3.05) is 25.6 Å². The predicted octanol–water partition coefficient (Wildman–Crippen LogP) is 1.93. The molecular formula is C23H25N3O6. The molecule has 1 heterocycles. The molecule has 168 valence electrons. The summed E-state index contributed by atoms with van der Waals surface area (Å²) < 4.78 is 10.2. The van der Waals surface area contributed by atoms with E-state index in [0.717, 1.165) is 17.0 Å². The minimum atomic E-state index is -0.781. The maximum Gasteiger partial charge on any atom is 0.311 e. The number of hydrazine groups is 1. The van der Waals surface area contributed by atoms with Gasteiger partial charge >= 0.3 is 5.97 Å². The van der Waals surface area contributed by atoms with Gasteiger partial charge in [-0.25, -0.2) is 0 Å². The number of para-hydroxylation sites is 2. The van der Waals surface area contributed by atoms with E-state index in [1.807, 2.05) is 19.1 Å². The number of esters is 1. The van der Waals surface area contributed by atoms with E-state index in [1.54, 1.807) is 36.4 Å². The van der Waals surface area contributed by atoms with E-state index in [0.29, 0.717) is 11.4 Å². The summed E-state index contributed by atoms with van der Waals surface area (Å²) in [4.78, 5) is 49.3. The van der Waals surface area contributed by atoms with Crippen LogP contribution >= 0.6 is 0 Å². The first kappa shape index (κ1) is 22.8. The van der Waals surface area contributed by atoms with Crippen LogP contribution in [0.1, 0.15) is 29.3 Å². The fourth-order valence-corrected chi connectivity index (χ4v) is 3.38. The van der Waals surface area contributed by atoms with Crippen molar-refractivity contribution in [1.82, 2.24) is 10.4 Å². The molecule has 1 fully saturated rings. The number of methoxy groups -OCH3 is 1. The first-order valence-corrected chi connectivity index (χ1v) is 10.2. The highest BCUT2D eigenvalue weighted by atomic mass is 16.5. The minimum absolute atomic E-state index is 0.0428. The summed E-state index contributed by atoms with van der Waals surface area (Å²) in [5.74, 6) is -2.51. The molecule has 0 radical (unpaired) electrons. The second-order valence-electron chi connectivity index (χ2n) is 7.21. The summed E-state index contributed by atoms with van der Waals surface area (Å²) in [6.07, 6.45) is 0.627. The van der Waals surface area contributed by atoms with Crippen LogP contribution < -0.4 is 15.5 Å². The molecule has 1 aliphatic rings. The van der Waals surface area contributed by atoms with Gasteiger partial charge in [-0.1, -0.05) is 37.3 Å². The highest BCUT2D eigenvalue weighted by molar-refractivity contribution is 5.99. The molecule has 1 aliphatic heterocycles. The van der Waals surface area contributed by atoms with Crippen LogP contribution in [0, 0.1) is 5.92 Å². The number of aryl methyl sites for hydroxylation is 1. The van der Waals surface area contributed by atoms with Gasteiger partial charge in [-0.05, 0) is 30.2 Å². The Morgan fingerprint density at radius 1 is 1.09 bits per heavy atom. The third kappa shape index (κ3) is 5.42. The molecule has 2 aromatic carbocycles. The first-order valence-electron chi connectivity index (χ1n) is 10.2. The van der Waals surface area contributed by atoms with Crippen LogP contribution in [0.3, 0.4) is 0 Å². The number of anilines is 1. The van der Waals surface area contributed by atoms with Crippen molar-refractivity contribution < 1.29 is 28.7 Å². The van der Waals surface area contributed by atoms with Crippen molar-refractivity contribution in [3.63, 3.8) is 0 Å². The van der Waals surface area contributed by atoms with Crippen molar-refractivity contribution >= 4 is 29.4 Å². The van der Waals surface area contributed by atoms with Gasteiger partial charge in [0.1, 0.15) is 5.75 Å². The summed E-state index contributed by atoms with van der Waals surface area (Å²) in [6.45, 7) is 1.47. The Hall–Kier alpha value is -3.88. The largest absolute Gasteiger partial charge is 0.496 e. The van der Waals surface area contributed by atoms with Crippen molar-refractivity contribution in [2.45, 2.75) is 19.8 Å². The molecule has 0 spiro atoms. The lowest BCUT2D eigenvalue weighted by Gasteiger charge is -2.18. The Labute approximate surface area is 185 Å². The third-order valence-electron chi connectivity index (χ3n) is 5.06. The second kappa shape index (κ2) is 10.4. The molecule has 0 unspecified atom stereocenters. The molecule has 0 saturated carbocycles. The predicted molar refractivity (Wildman–Crippen MR) is 116 cm³/mol. The van der Waals surface area contributed by atoms with Crippen molar-refractivity contribution in [3.05, 3.63) is 59.7 Å². The van der Waals surface area contributed by atoms with Crippen LogP contribution in [-0.2, 0) is 25.5 Å². The molecule has 1 saturated heterocycles. The van der Waals surface area contributed by atoms with Crippen molar-refractivity contribution in [3.8, 4) is 5.75 Å². The quantitative estimate of drug-likeness (QED) is 0.608. The Kier molecular flexibility index (Phi) is 7.43. The molecular weight excluding hydrogens is 414 g/mol. The van der Waals surface area contributed by atoms with Gasteiger partial charge < -0.3 is 14.8 Å². The number of hydrogen-bond acceptors (Lipinski definition) is 6. The normalized spacial score (nSPS) is 15.2. The molecule has 3 amide bonds. The zero-order valence-electron chi connectivity index (χ0n) is 17.9. The van der Waals surface area contributed by atoms with Gasteiger partial charge in [-0.15, -0.1) is 0 Å². The number of amides is 3. The molecule has 1 atom stereocenters. The number of carbonyl (C=O) groups is 4. The van der Waals surface area contributed by atoms with Gasteiger partial charge in [0.2, 0.25) is 5.91 Å². The second-order valence-corrected chi connectivity index (χ2v) is 7.21. The van der Waals surface area contributed by atoms with E-state index in [-0.39, 0.29) is 18.5 Å². The zero-order chi connectivity index (χ0) is 23.1. The van der Waals surface area contributed by atoms with Gasteiger partial charge in [0, 0.05) is 12.1 Å². The Morgan fingerprint density at radius 2 is 1.81 bits per heavy atom. The molecule has 3 rings (SSSR count). The van der Waals surface area contributed by atoms with E-state index in [9.17, 15) is 19.2 Å². The van der Waals surface area contributed by atoms with Gasteiger partial charge in [0.15, 0.2) is 6.61 Å². The zero-order valence-corrected chi connectivity index (χ0v) is 17.9. The van der Waals surface area contributed by atoms with Crippen LogP contribution in [0.2, 0.25) is 0 Å². The molecule has 32 heavy (non-hydrogen) atoms. The third-order valence-corrected chi connectivity index (χ3v) is 5.06. The van der Waals surface area contributed by atoms with Crippen molar-refractivity contribution in [1.29, 1.82) is 0 Å². The average molecular weight is 439 g/mol. The van der Waals surface area contributed by atoms with E-state index < -0.39 is 36.2 Å². The lowest BCUT2D eigenvalue weighted by molar-refractivity contribution is -0.151. The van der Waals surface area contributed by atoms with E-state index in [1.165, 1.54) is 7.11 Å². The highest BCUT2D eigenvalue weighted by Crippen LogP contribution is 2.21. The fraction of sp³-hybridized carbons (Fsp3) is 0.304. The number of hydrogen-bond donors (Lipinski definition) is 2. The van der Waals surface area contributed by atoms with Gasteiger partial charge in [-0.2, -0.15) is 0 Å². The number of nitrogens with zero attached hydrogens (tertiary/aromatic N) is 1. The Bertz CT molecular complexity index is 1020. The molecule has 2 aromatic rings. The Morgan fingerprint density at radius 3 is 2.56 bits per heavy atom. The molecule has 0 bridgehead atoms. The van der Waals surface area contributed by atoms with Crippen LogP contribution in [0.4, 0.5) is 5.69 Å². The van der Waals surface area contributed by atoms with Crippen LogP contribution in [0.15, 0.2) is 48.5 Å². The van der Waals surface area contributed by atoms with E-state index in [2.05, 4.69) is 10.7 Å². The van der Waals surface area contributed by atoms with Crippen molar-refractivity contribution in [2.24, 2.45) is 5.92 Å². The first-order chi connectivity index (χ1) is 15.4. The average Bonchev–Trinajstić information content (AvgIpc) is 3.17. The molecule has 0 aromatic heterocycles. The number of carbonyl (C=O) groups excluding carboxylic acids is 4. The topological polar surface area (TPSA) is 114 Å². The molecule has 0 aliphatic carbocycles. The highest BCUT2D eigenvalue weighted by Gasteiger charge is 2.37. The Balaban J connectivity index is 1.51. The summed E-state index contributed by atoms with van der Waals surface area (Å²) >= 11 is 0. The summed E-state index contributed by atoms with van der Waals surface area (Å²) in [7, 11) is 1.44. The van der Waals surface area contributed by atoms with Gasteiger partial charge in [0.05, 0.1) is 25.1 Å². The van der Waals surface area contributed by atoms with E-state index >= 15 is 0 Å². The monoisotopic (exact) mass is 439 g/mol. The van der Waals surface area contributed by atoms with Gasteiger partial charge in [0.25, 0.3) is 11.8 Å². The smallest absolute Gasteiger partial charge is 0.311 e. The van der Waals surface area contributed by atoms with Crippen LogP contribution in [0.25, 0.3) is 0 Å². The SMILES string of the molecule is CCc1ccccc1NC(=O)COC(=O)[C@@H]1CC(=O)N(NC(=O)c2ccccc2OC)C1. The fourth-order valence-electron chi connectivity index (χ4n) is 3.38. The molecule has 9 nitrogen and oxygen atoms in total. The lowest BCUT2D eigenvalue weighted by atomic mass is 10.1. The molecule has 2 N–H and O–H groups in total. The van der Waals surface area contributed by atoms with Gasteiger partial charge in [-0.3, -0.25) is 29.6 Å². The maximum atomic E-state index is 12.5. The number of benzene rings is 2. The minimum Gasteiger partial charge on any atom is -0.496 e. The summed E-state index contributed by atoms with van der Waals surface area (Å²) in [5.41, 5.74) is 4.39. The van der Waals surface area contributed by atoms with Crippen LogP contribution in [-0.4, -0.2) is 49.0 Å². The lowest BCUT2D eigenvalue weighted by Crippen LogP contribution is -2.43. The standard InChI is InChI=1S/C23H25N3O6/c1-3-15-8-4-6-10-18(15)24-20(27)14-32-23(30)16-12-21(28)26(13-16)25-22(29)17-9-5-7-11-19(17)31-2/h4-11,16H,3,12-14H2,1-2H3,(H,24,27)(H,25,29)/t16-/m1/s1.